The molecule has 5 rings (SSSR count). The van der Waals surface area contributed by atoms with E-state index in [-0.39, 0.29) is 36.5 Å². The maximum atomic E-state index is 13.8. The van der Waals surface area contributed by atoms with Gasteiger partial charge in [0.25, 0.3) is 5.91 Å². The topological polar surface area (TPSA) is 104 Å². The third-order valence-corrected chi connectivity index (χ3v) is 7.16. The van der Waals surface area contributed by atoms with Crippen LogP contribution < -0.4 is 0 Å². The van der Waals surface area contributed by atoms with Crippen molar-refractivity contribution in [2.45, 2.75) is 44.8 Å². The molecular weight excluding hydrogens is 507 g/mol. The lowest BCUT2D eigenvalue weighted by atomic mass is 9.96. The number of hydrogen-bond donors (Lipinski definition) is 1. The monoisotopic (exact) mass is 531 g/mol. The summed E-state index contributed by atoms with van der Waals surface area (Å²) in [6, 6.07) is 5.08. The number of aliphatic hydroxyl groups is 1. The molecule has 1 saturated carbocycles. The van der Waals surface area contributed by atoms with Gasteiger partial charge in [-0.2, -0.15) is 13.2 Å². The van der Waals surface area contributed by atoms with Crippen LogP contribution in [0.5, 0.6) is 0 Å². The summed E-state index contributed by atoms with van der Waals surface area (Å²) in [5.41, 5.74) is 1.07. The highest BCUT2D eigenvalue weighted by Crippen LogP contribution is 2.39. The second-order valence-corrected chi connectivity index (χ2v) is 9.74. The van der Waals surface area contributed by atoms with E-state index in [4.69, 9.17) is 9.52 Å². The van der Waals surface area contributed by atoms with Gasteiger partial charge < -0.3 is 14.4 Å². The van der Waals surface area contributed by atoms with Crippen molar-refractivity contribution < 1.29 is 27.5 Å². The van der Waals surface area contributed by atoms with Crippen LogP contribution in [0.1, 0.15) is 52.2 Å². The molecule has 0 aromatic carbocycles. The van der Waals surface area contributed by atoms with E-state index >= 15 is 0 Å². The van der Waals surface area contributed by atoms with Gasteiger partial charge in [-0.05, 0) is 43.2 Å². The van der Waals surface area contributed by atoms with Gasteiger partial charge in [-0.1, -0.05) is 6.07 Å². The summed E-state index contributed by atoms with van der Waals surface area (Å²) in [7, 11) is 0. The van der Waals surface area contributed by atoms with E-state index in [1.165, 1.54) is 17.4 Å². The molecule has 194 valence electrons. The van der Waals surface area contributed by atoms with Gasteiger partial charge in [0.2, 0.25) is 5.95 Å². The first-order valence-corrected chi connectivity index (χ1v) is 12.8. The molecule has 0 atom stereocenters. The Kier molecular flexibility index (Phi) is 7.20. The number of rotatable bonds is 5. The molecule has 2 aliphatic rings. The molecule has 3 aromatic rings. The zero-order chi connectivity index (χ0) is 26.0. The molecular formula is C25H24F3N5O3S. The van der Waals surface area contributed by atoms with Crippen LogP contribution >= 0.6 is 11.3 Å². The minimum atomic E-state index is -4.68. The number of thiophene rings is 1. The zero-order valence-corrected chi connectivity index (χ0v) is 20.6. The number of aliphatic imine (C=N–C) groups is 2. The normalized spacial score (nSPS) is 16.1. The van der Waals surface area contributed by atoms with Crippen molar-refractivity contribution in [2.24, 2.45) is 9.98 Å². The van der Waals surface area contributed by atoms with Crippen molar-refractivity contribution in [3.8, 4) is 11.5 Å². The molecule has 0 unspecified atom stereocenters. The average Bonchev–Trinajstić information content (AvgIpc) is 3.57. The molecule has 1 fully saturated rings. The highest BCUT2D eigenvalue weighted by atomic mass is 32.1. The molecule has 4 heterocycles. The SMILES string of the molecule is O=C(c1cccs1)N1CCc2oc(-c3nc(N=C4CCC(=NCCO)CC4)ncc3C(F)(F)F)cc2C1. The lowest BCUT2D eigenvalue weighted by Gasteiger charge is -2.25. The van der Waals surface area contributed by atoms with Crippen LogP contribution in [0.25, 0.3) is 11.5 Å². The van der Waals surface area contributed by atoms with E-state index in [1.807, 2.05) is 5.38 Å². The molecule has 1 aliphatic carbocycles. The van der Waals surface area contributed by atoms with Crippen LogP contribution in [0.3, 0.4) is 0 Å². The summed E-state index contributed by atoms with van der Waals surface area (Å²) >= 11 is 1.35. The van der Waals surface area contributed by atoms with Crippen molar-refractivity contribution in [1.29, 1.82) is 0 Å². The number of carbonyl (C=O) groups excluding carboxylic acids is 1. The summed E-state index contributed by atoms with van der Waals surface area (Å²) in [4.78, 5) is 31.8. The van der Waals surface area contributed by atoms with Crippen LogP contribution in [0.15, 0.2) is 44.2 Å². The number of aromatic nitrogens is 2. The fraction of sp³-hybridized carbons (Fsp3) is 0.400. The van der Waals surface area contributed by atoms with Crippen molar-refractivity contribution in [1.82, 2.24) is 14.9 Å². The number of carbonyl (C=O) groups is 1. The fourth-order valence-corrected chi connectivity index (χ4v) is 5.14. The van der Waals surface area contributed by atoms with Crippen LogP contribution in [-0.4, -0.2) is 57.0 Å². The van der Waals surface area contributed by atoms with E-state index < -0.39 is 11.7 Å². The summed E-state index contributed by atoms with van der Waals surface area (Å²) in [5, 5.41) is 10.7. The van der Waals surface area contributed by atoms with E-state index in [2.05, 4.69) is 20.0 Å². The Morgan fingerprint density at radius 1 is 1.19 bits per heavy atom. The predicted octanol–water partition coefficient (Wildman–Crippen LogP) is 5.10. The predicted molar refractivity (Wildman–Crippen MR) is 132 cm³/mol. The smallest absolute Gasteiger partial charge is 0.420 e. The molecule has 0 spiro atoms. The first-order chi connectivity index (χ1) is 17.8. The lowest BCUT2D eigenvalue weighted by Crippen LogP contribution is -2.35. The summed E-state index contributed by atoms with van der Waals surface area (Å²) in [6.45, 7) is 1.01. The molecule has 3 aromatic heterocycles. The van der Waals surface area contributed by atoms with Crippen LogP contribution in [0.4, 0.5) is 19.1 Å². The quantitative estimate of drug-likeness (QED) is 0.494. The van der Waals surface area contributed by atoms with Crippen LogP contribution in [0, 0.1) is 0 Å². The minimum Gasteiger partial charge on any atom is -0.459 e. The lowest BCUT2D eigenvalue weighted by molar-refractivity contribution is -0.137. The number of alkyl halides is 3. The Hall–Kier alpha value is -3.38. The Bertz CT molecular complexity index is 1340. The van der Waals surface area contributed by atoms with Gasteiger partial charge in [0.1, 0.15) is 17.0 Å². The second kappa shape index (κ2) is 10.5. The molecule has 37 heavy (non-hydrogen) atoms. The zero-order valence-electron chi connectivity index (χ0n) is 19.8. The largest absolute Gasteiger partial charge is 0.459 e. The molecule has 0 radical (unpaired) electrons. The average molecular weight is 532 g/mol. The van der Waals surface area contributed by atoms with E-state index in [0.717, 1.165) is 17.6 Å². The Morgan fingerprint density at radius 3 is 2.68 bits per heavy atom. The first-order valence-electron chi connectivity index (χ1n) is 11.9. The molecule has 1 aliphatic heterocycles. The van der Waals surface area contributed by atoms with Crippen LogP contribution in [-0.2, 0) is 19.1 Å². The van der Waals surface area contributed by atoms with Crippen LogP contribution in [0.2, 0.25) is 0 Å². The number of hydrogen-bond acceptors (Lipinski definition) is 8. The van der Waals surface area contributed by atoms with Gasteiger partial charge in [-0.25, -0.2) is 15.0 Å². The van der Waals surface area contributed by atoms with E-state index in [9.17, 15) is 18.0 Å². The summed E-state index contributed by atoms with van der Waals surface area (Å²) in [5.74, 6) is 0.356. The van der Waals surface area contributed by atoms with Crippen molar-refractivity contribution in [2.75, 3.05) is 19.7 Å². The number of furan rings is 1. The van der Waals surface area contributed by atoms with E-state index in [0.29, 0.717) is 61.4 Å². The number of nitrogens with zero attached hydrogens (tertiary/aromatic N) is 5. The Labute approximate surface area is 214 Å². The highest BCUT2D eigenvalue weighted by Gasteiger charge is 2.37. The molecule has 8 nitrogen and oxygen atoms in total. The van der Waals surface area contributed by atoms with Gasteiger partial charge in [-0.15, -0.1) is 11.3 Å². The van der Waals surface area contributed by atoms with Crippen molar-refractivity contribution in [3.05, 3.63) is 51.5 Å². The molecule has 1 N–H and O–H groups in total. The standard InChI is InChI=1S/C25H24F3N5O3S/c26-25(27,28)18-13-30-24(31-17-5-3-16(4-6-17)29-8-10-34)32-22(18)20-12-15-14-33(9-7-19(15)36-20)23(35)21-2-1-11-37-21/h1-2,11-13,34H,3-10,14H2. The minimum absolute atomic E-state index is 0.00814. The first kappa shape index (κ1) is 25.3. The van der Waals surface area contributed by atoms with Gasteiger partial charge in [0, 0.05) is 42.7 Å². The van der Waals surface area contributed by atoms with Gasteiger partial charge in [-0.3, -0.25) is 9.79 Å². The molecule has 12 heteroatoms. The number of aliphatic hydroxyl groups excluding tert-OH is 1. The second-order valence-electron chi connectivity index (χ2n) is 8.79. The van der Waals surface area contributed by atoms with Gasteiger partial charge in [0.05, 0.1) is 18.0 Å². The summed E-state index contributed by atoms with van der Waals surface area (Å²) in [6.07, 6.45) is -0.977. The third-order valence-electron chi connectivity index (χ3n) is 6.30. The van der Waals surface area contributed by atoms with Crippen molar-refractivity contribution >= 4 is 34.6 Å². The number of halogens is 3. The molecule has 1 amide bonds. The van der Waals surface area contributed by atoms with Gasteiger partial charge >= 0.3 is 6.18 Å². The fourth-order valence-electron chi connectivity index (χ4n) is 4.45. The number of amides is 1. The maximum Gasteiger partial charge on any atom is 0.420 e. The van der Waals surface area contributed by atoms with Gasteiger partial charge in [0.15, 0.2) is 5.76 Å². The highest BCUT2D eigenvalue weighted by molar-refractivity contribution is 7.12. The summed E-state index contributed by atoms with van der Waals surface area (Å²) < 4.78 is 47.3. The Morgan fingerprint density at radius 2 is 1.97 bits per heavy atom. The third kappa shape index (κ3) is 5.64. The maximum absolute atomic E-state index is 13.8. The molecule has 0 bridgehead atoms. The molecule has 0 saturated heterocycles. The number of fused-ring (bicyclic) bond motifs is 1. The van der Waals surface area contributed by atoms with E-state index in [1.54, 1.807) is 17.0 Å². The van der Waals surface area contributed by atoms with Crippen molar-refractivity contribution in [3.63, 3.8) is 0 Å². The Balaban J connectivity index is 1.41.